The smallest absolute Gasteiger partial charge is 0.219 e. The highest BCUT2D eigenvalue weighted by molar-refractivity contribution is 7.86. The molecular formula is C23H48N2O4S. The number of carbonyl (C=O) groups excluding carboxylic acids is 1. The van der Waals surface area contributed by atoms with Crippen LogP contribution in [0.1, 0.15) is 110 Å². The molecule has 0 bridgehead atoms. The van der Waals surface area contributed by atoms with Crippen molar-refractivity contribution in [2.24, 2.45) is 0 Å². The third-order valence-corrected chi connectivity index (χ3v) is 7.52. The Bertz CT molecular complexity index is 535. The molecular weight excluding hydrogens is 400 g/mol. The lowest BCUT2D eigenvalue weighted by Gasteiger charge is -2.38. The summed E-state index contributed by atoms with van der Waals surface area (Å²) in [6.07, 6.45) is 16.9. The minimum absolute atomic E-state index is 0.0656. The zero-order valence-electron chi connectivity index (χ0n) is 20.1. The van der Waals surface area contributed by atoms with Gasteiger partial charge in [-0.1, -0.05) is 84.5 Å². The zero-order chi connectivity index (χ0) is 22.9. The van der Waals surface area contributed by atoms with Crippen molar-refractivity contribution in [2.45, 2.75) is 116 Å². The number of rotatable bonds is 20. The summed E-state index contributed by atoms with van der Waals surface area (Å²) in [7, 11) is -0.798. The summed E-state index contributed by atoms with van der Waals surface area (Å²) < 4.78 is 34.3. The van der Waals surface area contributed by atoms with Gasteiger partial charge in [0.25, 0.3) is 0 Å². The number of quaternary nitrogens is 1. The molecule has 1 amide bonds. The quantitative estimate of drug-likeness (QED) is 0.162. The van der Waals surface area contributed by atoms with Gasteiger partial charge in [-0.25, -0.2) is 8.42 Å². The Morgan fingerprint density at radius 1 is 0.833 bits per heavy atom. The molecule has 0 aromatic rings. The van der Waals surface area contributed by atoms with Crippen LogP contribution in [0.4, 0.5) is 0 Å². The van der Waals surface area contributed by atoms with E-state index in [-0.39, 0.29) is 10.4 Å². The Balaban J connectivity index is 3.64. The molecule has 0 aliphatic rings. The SMILES string of the molecule is CCCCCCCCCCCCCCC(=O)NCCC[N+](C)(C)C(CC)S(=O)(=O)[O-]. The van der Waals surface area contributed by atoms with Gasteiger partial charge >= 0.3 is 0 Å². The summed E-state index contributed by atoms with van der Waals surface area (Å²) in [5.41, 5.74) is 0. The Hall–Kier alpha value is -0.660. The standard InChI is InChI=1S/C23H48N2O4S/c1-5-7-8-9-10-11-12-13-14-15-16-17-19-22(26)24-20-18-21-25(3,4)23(6-2)30(27,28)29/h23H,5-21H2,1-4H3,(H-,24,26,27,28,29). The van der Waals surface area contributed by atoms with Gasteiger partial charge in [0.05, 0.1) is 20.6 Å². The molecule has 0 fully saturated rings. The van der Waals surface area contributed by atoms with Crippen LogP contribution >= 0.6 is 0 Å². The average Bonchev–Trinajstić information content (AvgIpc) is 2.65. The third kappa shape index (κ3) is 15.2. The van der Waals surface area contributed by atoms with E-state index in [9.17, 15) is 17.8 Å². The highest BCUT2D eigenvalue weighted by atomic mass is 32.2. The Morgan fingerprint density at radius 2 is 1.30 bits per heavy atom. The summed E-state index contributed by atoms with van der Waals surface area (Å²) in [5.74, 6) is 0.0656. The Kier molecular flexibility index (Phi) is 16.6. The van der Waals surface area contributed by atoms with Crippen LogP contribution in [-0.4, -0.2) is 55.9 Å². The van der Waals surface area contributed by atoms with E-state index in [1.165, 1.54) is 64.2 Å². The first kappa shape index (κ1) is 29.3. The normalized spacial score (nSPS) is 13.4. The van der Waals surface area contributed by atoms with Gasteiger partial charge in [-0.3, -0.25) is 4.79 Å². The van der Waals surface area contributed by atoms with Crippen molar-refractivity contribution in [3.05, 3.63) is 0 Å². The van der Waals surface area contributed by atoms with E-state index < -0.39 is 15.5 Å². The van der Waals surface area contributed by atoms with Crippen LogP contribution in [0.25, 0.3) is 0 Å². The number of hydrogen-bond donors (Lipinski definition) is 1. The summed E-state index contributed by atoms with van der Waals surface area (Å²) in [5, 5.41) is 1.98. The van der Waals surface area contributed by atoms with Gasteiger partial charge < -0.3 is 14.4 Å². The molecule has 0 saturated heterocycles. The number of amides is 1. The van der Waals surface area contributed by atoms with E-state index in [2.05, 4.69) is 12.2 Å². The number of nitrogens with zero attached hydrogens (tertiary/aromatic N) is 1. The van der Waals surface area contributed by atoms with E-state index >= 15 is 0 Å². The maximum absolute atomic E-state index is 11.9. The van der Waals surface area contributed by atoms with Crippen molar-refractivity contribution in [1.29, 1.82) is 0 Å². The molecule has 0 radical (unpaired) electrons. The van der Waals surface area contributed by atoms with Crippen molar-refractivity contribution in [1.82, 2.24) is 5.32 Å². The molecule has 30 heavy (non-hydrogen) atoms. The lowest BCUT2D eigenvalue weighted by molar-refractivity contribution is -0.901. The van der Waals surface area contributed by atoms with Crippen molar-refractivity contribution in [3.8, 4) is 0 Å². The maximum atomic E-state index is 11.9. The Morgan fingerprint density at radius 3 is 1.73 bits per heavy atom. The predicted molar refractivity (Wildman–Crippen MR) is 124 cm³/mol. The van der Waals surface area contributed by atoms with Crippen LogP contribution in [0.5, 0.6) is 0 Å². The molecule has 0 aromatic heterocycles. The zero-order valence-corrected chi connectivity index (χ0v) is 20.9. The topological polar surface area (TPSA) is 86.3 Å². The molecule has 0 spiro atoms. The molecule has 0 heterocycles. The number of hydrogen-bond acceptors (Lipinski definition) is 4. The maximum Gasteiger partial charge on any atom is 0.219 e. The van der Waals surface area contributed by atoms with Crippen LogP contribution in [0, 0.1) is 0 Å². The first-order valence-electron chi connectivity index (χ1n) is 12.2. The van der Waals surface area contributed by atoms with Crippen LogP contribution in [0.3, 0.4) is 0 Å². The van der Waals surface area contributed by atoms with Crippen molar-refractivity contribution < 1.29 is 22.2 Å². The predicted octanol–water partition coefficient (Wildman–Crippen LogP) is 4.94. The highest BCUT2D eigenvalue weighted by Gasteiger charge is 2.31. The summed E-state index contributed by atoms with van der Waals surface area (Å²) in [6.45, 7) is 5.03. The van der Waals surface area contributed by atoms with Crippen molar-refractivity contribution in [3.63, 3.8) is 0 Å². The first-order chi connectivity index (χ1) is 14.1. The van der Waals surface area contributed by atoms with Gasteiger partial charge in [-0.15, -0.1) is 0 Å². The Labute approximate surface area is 186 Å². The van der Waals surface area contributed by atoms with E-state index in [0.717, 1.165) is 12.8 Å². The van der Waals surface area contributed by atoms with E-state index in [1.807, 2.05) is 0 Å². The second kappa shape index (κ2) is 17.0. The summed E-state index contributed by atoms with van der Waals surface area (Å²) in [6, 6.07) is 0. The number of nitrogens with one attached hydrogen (secondary N) is 1. The highest BCUT2D eigenvalue weighted by Crippen LogP contribution is 2.16. The van der Waals surface area contributed by atoms with Crippen LogP contribution < -0.4 is 5.32 Å². The molecule has 180 valence electrons. The molecule has 1 unspecified atom stereocenters. The molecule has 7 heteroatoms. The molecule has 6 nitrogen and oxygen atoms in total. The fourth-order valence-electron chi connectivity index (χ4n) is 4.12. The lowest BCUT2D eigenvalue weighted by atomic mass is 10.0. The largest absolute Gasteiger partial charge is 0.743 e. The van der Waals surface area contributed by atoms with Gasteiger partial charge in [0.15, 0.2) is 5.37 Å². The molecule has 0 saturated carbocycles. The average molecular weight is 449 g/mol. The summed E-state index contributed by atoms with van der Waals surface area (Å²) in [4.78, 5) is 11.9. The van der Waals surface area contributed by atoms with E-state index in [1.54, 1.807) is 21.0 Å². The lowest BCUT2D eigenvalue weighted by Crippen LogP contribution is -2.53. The molecule has 0 aliphatic carbocycles. The number of carbonyl (C=O) groups is 1. The van der Waals surface area contributed by atoms with Gasteiger partial charge in [0, 0.05) is 25.8 Å². The minimum Gasteiger partial charge on any atom is -0.743 e. The fraction of sp³-hybridized carbons (Fsp3) is 0.957. The van der Waals surface area contributed by atoms with Gasteiger partial charge in [0.1, 0.15) is 10.1 Å². The van der Waals surface area contributed by atoms with Crippen LogP contribution in [0.2, 0.25) is 0 Å². The first-order valence-corrected chi connectivity index (χ1v) is 13.7. The minimum atomic E-state index is -4.32. The molecule has 0 aliphatic heterocycles. The third-order valence-electron chi connectivity index (χ3n) is 5.95. The van der Waals surface area contributed by atoms with Gasteiger partial charge in [0.2, 0.25) is 5.91 Å². The summed E-state index contributed by atoms with van der Waals surface area (Å²) >= 11 is 0. The van der Waals surface area contributed by atoms with Crippen LogP contribution in [0.15, 0.2) is 0 Å². The second-order valence-corrected chi connectivity index (χ2v) is 10.7. The second-order valence-electron chi connectivity index (χ2n) is 9.20. The van der Waals surface area contributed by atoms with Crippen LogP contribution in [-0.2, 0) is 14.9 Å². The molecule has 0 aromatic carbocycles. The van der Waals surface area contributed by atoms with E-state index in [4.69, 9.17) is 0 Å². The molecule has 1 atom stereocenters. The van der Waals surface area contributed by atoms with E-state index in [0.29, 0.717) is 32.4 Å². The van der Waals surface area contributed by atoms with Gasteiger partial charge in [-0.2, -0.15) is 0 Å². The fourth-order valence-corrected chi connectivity index (χ4v) is 5.33. The number of unbranched alkanes of at least 4 members (excludes halogenated alkanes) is 11. The van der Waals surface area contributed by atoms with Crippen molar-refractivity contribution >= 4 is 16.0 Å². The molecule has 1 N–H and O–H groups in total. The molecule has 0 rings (SSSR count). The van der Waals surface area contributed by atoms with Gasteiger partial charge in [-0.05, 0) is 6.42 Å². The monoisotopic (exact) mass is 448 g/mol. The van der Waals surface area contributed by atoms with Crippen molar-refractivity contribution in [2.75, 3.05) is 27.2 Å².